The highest BCUT2D eigenvalue weighted by Crippen LogP contribution is 2.25. The summed E-state index contributed by atoms with van der Waals surface area (Å²) >= 11 is -1.20. The fraction of sp³-hybridized carbons (Fsp3) is 0.462. The quantitative estimate of drug-likeness (QED) is 0.599. The van der Waals surface area contributed by atoms with Gasteiger partial charge in [-0.25, -0.2) is 0 Å². The summed E-state index contributed by atoms with van der Waals surface area (Å²) in [7, 11) is 0. The van der Waals surface area contributed by atoms with Crippen LogP contribution in [0.3, 0.4) is 0 Å². The van der Waals surface area contributed by atoms with E-state index in [4.69, 9.17) is 4.74 Å². The molecule has 4 heteroatoms. The molecule has 1 aromatic carbocycles. The van der Waals surface area contributed by atoms with Crippen molar-refractivity contribution in [3.8, 4) is 5.75 Å². The van der Waals surface area contributed by atoms with Crippen molar-refractivity contribution in [1.29, 1.82) is 0 Å². The summed E-state index contributed by atoms with van der Waals surface area (Å²) < 4.78 is 21.0. The summed E-state index contributed by atoms with van der Waals surface area (Å²) in [5.74, 6) is 0.957. The lowest BCUT2D eigenvalue weighted by Gasteiger charge is -2.17. The smallest absolute Gasteiger partial charge is 0.144 e. The van der Waals surface area contributed by atoms with Crippen LogP contribution in [0, 0.1) is 0 Å². The van der Waals surface area contributed by atoms with E-state index in [0.29, 0.717) is 0 Å². The molecule has 0 aliphatic carbocycles. The van der Waals surface area contributed by atoms with Gasteiger partial charge in [0.05, 0.1) is 12.8 Å². The van der Waals surface area contributed by atoms with Crippen LogP contribution < -0.4 is 4.74 Å². The number of ether oxygens (including phenoxy) is 1. The van der Waals surface area contributed by atoms with Gasteiger partial charge in [0.15, 0.2) is 0 Å². The lowest BCUT2D eigenvalue weighted by atomic mass is 10.1. The summed E-state index contributed by atoms with van der Waals surface area (Å²) in [6.07, 6.45) is 2.62. The predicted octanol–water partition coefficient (Wildman–Crippen LogP) is 2.50. The summed E-state index contributed by atoms with van der Waals surface area (Å²) in [5.41, 5.74) is 2.18. The van der Waals surface area contributed by atoms with Crippen LogP contribution in [0.1, 0.15) is 31.9 Å². The lowest BCUT2D eigenvalue weighted by molar-refractivity contribution is 0.357. The zero-order valence-corrected chi connectivity index (χ0v) is 11.2. The van der Waals surface area contributed by atoms with E-state index in [1.54, 1.807) is 6.21 Å². The predicted molar refractivity (Wildman–Crippen MR) is 71.1 cm³/mol. The molecule has 3 nitrogen and oxygen atoms in total. The maximum absolute atomic E-state index is 11.8. The largest absolute Gasteiger partial charge is 0.591 e. The van der Waals surface area contributed by atoms with E-state index >= 15 is 0 Å². The third-order valence-corrected chi connectivity index (χ3v) is 3.88. The summed E-state index contributed by atoms with van der Waals surface area (Å²) in [6, 6.07) is 5.93. The normalized spacial score (nSPS) is 16.9. The molecule has 0 N–H and O–H groups in total. The Morgan fingerprint density at radius 3 is 2.88 bits per heavy atom. The zero-order chi connectivity index (χ0) is 12.5. The molecule has 92 valence electrons. The molecular formula is C13H17NO2S. The molecule has 17 heavy (non-hydrogen) atoms. The first-order chi connectivity index (χ1) is 7.97. The van der Waals surface area contributed by atoms with Crippen LogP contribution >= 0.6 is 0 Å². The first-order valence-corrected chi connectivity index (χ1v) is 6.79. The molecule has 1 aromatic rings. The topological polar surface area (TPSA) is 44.7 Å². The Hall–Kier alpha value is -1.00. The van der Waals surface area contributed by atoms with Gasteiger partial charge in [-0.15, -0.1) is 0 Å². The number of rotatable bonds is 2. The Kier molecular flexibility index (Phi) is 3.45. The van der Waals surface area contributed by atoms with Gasteiger partial charge >= 0.3 is 0 Å². The monoisotopic (exact) mass is 251 g/mol. The second-order valence-electron chi connectivity index (χ2n) is 5.06. The minimum atomic E-state index is -1.20. The number of benzene rings is 1. The molecule has 1 aliphatic heterocycles. The average Bonchev–Trinajstić information content (AvgIpc) is 2.71. The Labute approximate surface area is 105 Å². The second kappa shape index (κ2) is 4.70. The van der Waals surface area contributed by atoms with E-state index in [-0.39, 0.29) is 4.75 Å². The van der Waals surface area contributed by atoms with Crippen molar-refractivity contribution in [3.05, 3.63) is 29.3 Å². The Morgan fingerprint density at radius 2 is 2.18 bits per heavy atom. The molecule has 2 rings (SSSR count). The van der Waals surface area contributed by atoms with Crippen molar-refractivity contribution in [2.75, 3.05) is 6.61 Å². The highest BCUT2D eigenvalue weighted by molar-refractivity contribution is 7.91. The van der Waals surface area contributed by atoms with Gasteiger partial charge in [0.1, 0.15) is 21.9 Å². The van der Waals surface area contributed by atoms with Crippen LogP contribution in [0.15, 0.2) is 22.6 Å². The van der Waals surface area contributed by atoms with E-state index in [1.165, 1.54) is 5.56 Å². The second-order valence-corrected chi connectivity index (χ2v) is 7.00. The van der Waals surface area contributed by atoms with Crippen LogP contribution in [0.4, 0.5) is 0 Å². The highest BCUT2D eigenvalue weighted by Gasteiger charge is 2.25. The van der Waals surface area contributed by atoms with Gasteiger partial charge in [-0.05, 0) is 50.1 Å². The maximum atomic E-state index is 11.8. The molecule has 1 aliphatic rings. The molecule has 0 saturated carbocycles. The average molecular weight is 251 g/mol. The van der Waals surface area contributed by atoms with E-state index in [2.05, 4.69) is 4.40 Å². The van der Waals surface area contributed by atoms with Crippen molar-refractivity contribution in [2.24, 2.45) is 4.40 Å². The molecule has 0 bridgehead atoms. The van der Waals surface area contributed by atoms with Gasteiger partial charge in [-0.2, -0.15) is 0 Å². The van der Waals surface area contributed by atoms with E-state index < -0.39 is 11.4 Å². The lowest BCUT2D eigenvalue weighted by Crippen LogP contribution is -2.25. The van der Waals surface area contributed by atoms with Crippen molar-refractivity contribution in [3.63, 3.8) is 0 Å². The molecule has 1 atom stereocenters. The van der Waals surface area contributed by atoms with E-state index in [0.717, 1.165) is 24.3 Å². The van der Waals surface area contributed by atoms with E-state index in [1.807, 2.05) is 39.0 Å². The minimum absolute atomic E-state index is 0.309. The third-order valence-electron chi connectivity index (χ3n) is 2.53. The third kappa shape index (κ3) is 3.01. The summed E-state index contributed by atoms with van der Waals surface area (Å²) in [6.45, 7) is 6.49. The molecule has 0 fully saturated rings. The first kappa shape index (κ1) is 12.5. The standard InChI is InChI=1S/C13H17NO2S/c1-13(2,3)17(15)14-9-10-4-5-12-11(8-10)6-7-16-12/h4-5,8-9H,6-7H2,1-3H3/b14-9+/t17-/m1/s1. The molecule has 0 amide bonds. The molecule has 1 heterocycles. The van der Waals surface area contributed by atoms with E-state index in [9.17, 15) is 4.55 Å². The van der Waals surface area contributed by atoms with Crippen LogP contribution in [0.2, 0.25) is 0 Å². The Bertz CT molecular complexity index is 438. The number of hydrogen-bond acceptors (Lipinski definition) is 3. The van der Waals surface area contributed by atoms with Crippen molar-refractivity contribution in [2.45, 2.75) is 31.9 Å². The zero-order valence-electron chi connectivity index (χ0n) is 10.4. The van der Waals surface area contributed by atoms with Crippen LogP contribution in [-0.2, 0) is 17.8 Å². The van der Waals surface area contributed by atoms with Gasteiger partial charge in [-0.1, -0.05) is 4.40 Å². The molecule has 0 spiro atoms. The van der Waals surface area contributed by atoms with Crippen molar-refractivity contribution in [1.82, 2.24) is 0 Å². The van der Waals surface area contributed by atoms with Crippen molar-refractivity contribution < 1.29 is 9.29 Å². The van der Waals surface area contributed by atoms with Gasteiger partial charge < -0.3 is 9.29 Å². The number of fused-ring (bicyclic) bond motifs is 1. The number of nitrogens with zero attached hydrogens (tertiary/aromatic N) is 1. The van der Waals surface area contributed by atoms with Gasteiger partial charge in [0.2, 0.25) is 0 Å². The fourth-order valence-corrected chi connectivity index (χ4v) is 2.09. The fourth-order valence-electron chi connectivity index (χ4n) is 1.55. The Balaban J connectivity index is 2.12. The van der Waals surface area contributed by atoms with Crippen LogP contribution in [0.25, 0.3) is 0 Å². The SMILES string of the molecule is CC(C)(C)[S@@+]([O-])/N=C/c1ccc2c(c1)CCO2. The molecule has 0 saturated heterocycles. The Morgan fingerprint density at radius 1 is 1.41 bits per heavy atom. The molecular weight excluding hydrogens is 234 g/mol. The molecule has 0 radical (unpaired) electrons. The highest BCUT2D eigenvalue weighted by atomic mass is 32.2. The van der Waals surface area contributed by atoms with Gasteiger partial charge in [0.25, 0.3) is 0 Å². The van der Waals surface area contributed by atoms with Gasteiger partial charge in [0, 0.05) is 6.42 Å². The van der Waals surface area contributed by atoms with Crippen LogP contribution in [0.5, 0.6) is 5.75 Å². The molecule has 0 unspecified atom stereocenters. The van der Waals surface area contributed by atoms with Gasteiger partial charge in [-0.3, -0.25) is 0 Å². The first-order valence-electron chi connectivity index (χ1n) is 5.68. The molecule has 0 aromatic heterocycles. The van der Waals surface area contributed by atoms with Crippen LogP contribution in [-0.4, -0.2) is 22.1 Å². The van der Waals surface area contributed by atoms with Crippen molar-refractivity contribution >= 4 is 17.6 Å². The number of hydrogen-bond donors (Lipinski definition) is 0. The summed E-state index contributed by atoms with van der Waals surface area (Å²) in [5, 5.41) is 0. The minimum Gasteiger partial charge on any atom is -0.591 e. The summed E-state index contributed by atoms with van der Waals surface area (Å²) in [4.78, 5) is 0. The maximum Gasteiger partial charge on any atom is 0.144 e.